The number of carbonyl (C=O) groups excluding carboxylic acids is 1. The van der Waals surface area contributed by atoms with Crippen LogP contribution in [0.3, 0.4) is 0 Å². The summed E-state index contributed by atoms with van der Waals surface area (Å²) in [7, 11) is 1.37. The van der Waals surface area contributed by atoms with E-state index >= 15 is 0 Å². The number of hydrogen-bond acceptors (Lipinski definition) is 5. The number of nitrogens with two attached hydrogens (primary N) is 1. The summed E-state index contributed by atoms with van der Waals surface area (Å²) in [6.45, 7) is 4.39. The first kappa shape index (κ1) is 14.8. The molecule has 2 N–H and O–H groups in total. The van der Waals surface area contributed by atoms with E-state index < -0.39 is 5.79 Å². The Balaban J connectivity index is 2.00. The van der Waals surface area contributed by atoms with Crippen molar-refractivity contribution in [1.82, 2.24) is 0 Å². The lowest BCUT2D eigenvalue weighted by Gasteiger charge is -2.17. The van der Waals surface area contributed by atoms with Crippen molar-refractivity contribution >= 4 is 11.7 Å². The van der Waals surface area contributed by atoms with Crippen molar-refractivity contribution < 1.29 is 19.0 Å². The van der Waals surface area contributed by atoms with Crippen LogP contribution in [0, 0.1) is 0 Å². The van der Waals surface area contributed by atoms with Gasteiger partial charge in [0.05, 0.1) is 26.2 Å². The lowest BCUT2D eigenvalue weighted by atomic mass is 10.0. The molecule has 1 aliphatic heterocycles. The molecule has 0 aliphatic carbocycles. The Bertz CT molecular complexity index is 499. The van der Waals surface area contributed by atoms with E-state index in [9.17, 15) is 4.79 Å². The topological polar surface area (TPSA) is 70.8 Å². The highest BCUT2D eigenvalue weighted by molar-refractivity contribution is 5.74. The molecule has 0 saturated carbocycles. The second-order valence-corrected chi connectivity index (χ2v) is 5.44. The Kier molecular flexibility index (Phi) is 4.30. The second-order valence-electron chi connectivity index (χ2n) is 5.44. The van der Waals surface area contributed by atoms with Crippen LogP contribution in [0.4, 0.5) is 5.69 Å². The third kappa shape index (κ3) is 3.71. The van der Waals surface area contributed by atoms with Gasteiger partial charge in [0.15, 0.2) is 5.79 Å². The number of benzene rings is 1. The zero-order valence-corrected chi connectivity index (χ0v) is 12.1. The van der Waals surface area contributed by atoms with Crippen LogP contribution in [-0.4, -0.2) is 31.6 Å². The average Bonchev–Trinajstić information content (AvgIpc) is 2.72. The van der Waals surface area contributed by atoms with Crippen LogP contribution in [0.2, 0.25) is 0 Å². The molecule has 5 nitrogen and oxygen atoms in total. The summed E-state index contributed by atoms with van der Waals surface area (Å²) in [6, 6.07) is 5.71. The van der Waals surface area contributed by atoms with Gasteiger partial charge in [-0.3, -0.25) is 4.79 Å². The van der Waals surface area contributed by atoms with Gasteiger partial charge in [-0.05, 0) is 31.0 Å². The van der Waals surface area contributed by atoms with Crippen LogP contribution >= 0.6 is 0 Å². The maximum Gasteiger partial charge on any atom is 0.310 e. The fraction of sp³-hybridized carbons (Fsp3) is 0.533. The number of rotatable bonds is 4. The molecular weight excluding hydrogens is 258 g/mol. The van der Waals surface area contributed by atoms with Crippen molar-refractivity contribution in [3.63, 3.8) is 0 Å². The number of ether oxygens (including phenoxy) is 3. The molecule has 0 radical (unpaired) electrons. The average molecular weight is 279 g/mol. The van der Waals surface area contributed by atoms with E-state index in [-0.39, 0.29) is 18.5 Å². The fourth-order valence-electron chi connectivity index (χ4n) is 2.29. The van der Waals surface area contributed by atoms with Crippen molar-refractivity contribution in [3.8, 4) is 0 Å². The Morgan fingerprint density at radius 1 is 1.50 bits per heavy atom. The van der Waals surface area contributed by atoms with Crippen molar-refractivity contribution in [2.75, 3.05) is 19.5 Å². The molecule has 1 aromatic rings. The smallest absolute Gasteiger partial charge is 0.310 e. The van der Waals surface area contributed by atoms with Gasteiger partial charge >= 0.3 is 5.97 Å². The zero-order chi connectivity index (χ0) is 14.8. The number of hydrogen-bond donors (Lipinski definition) is 1. The molecule has 0 amide bonds. The molecule has 1 fully saturated rings. The number of methoxy groups -OCH3 is 1. The Morgan fingerprint density at radius 2 is 2.25 bits per heavy atom. The third-order valence-corrected chi connectivity index (χ3v) is 3.30. The summed E-state index contributed by atoms with van der Waals surface area (Å²) in [4.78, 5) is 11.3. The number of carbonyl (C=O) groups is 1. The highest BCUT2D eigenvalue weighted by atomic mass is 16.7. The molecule has 5 heteroatoms. The summed E-state index contributed by atoms with van der Waals surface area (Å²) in [5.41, 5.74) is 8.43. The van der Waals surface area contributed by atoms with Gasteiger partial charge in [-0.2, -0.15) is 0 Å². The van der Waals surface area contributed by atoms with Crippen molar-refractivity contribution in [3.05, 3.63) is 29.3 Å². The molecule has 0 aromatic heterocycles. The molecule has 2 rings (SSSR count). The van der Waals surface area contributed by atoms with Crippen molar-refractivity contribution in [2.24, 2.45) is 0 Å². The minimum atomic E-state index is -0.513. The first-order valence-electron chi connectivity index (χ1n) is 6.65. The Morgan fingerprint density at radius 3 is 2.80 bits per heavy atom. The largest absolute Gasteiger partial charge is 0.469 e. The van der Waals surface area contributed by atoms with Crippen LogP contribution in [0.15, 0.2) is 18.2 Å². The minimum Gasteiger partial charge on any atom is -0.469 e. The van der Waals surface area contributed by atoms with E-state index in [0.29, 0.717) is 12.3 Å². The maximum absolute atomic E-state index is 11.3. The van der Waals surface area contributed by atoms with Gasteiger partial charge in [-0.25, -0.2) is 0 Å². The Labute approximate surface area is 119 Å². The monoisotopic (exact) mass is 279 g/mol. The lowest BCUT2D eigenvalue weighted by molar-refractivity contribution is -0.140. The molecule has 1 saturated heterocycles. The van der Waals surface area contributed by atoms with Crippen LogP contribution in [-0.2, 0) is 31.8 Å². The summed E-state index contributed by atoms with van der Waals surface area (Å²) < 4.78 is 15.9. The molecule has 1 aliphatic rings. The van der Waals surface area contributed by atoms with Gasteiger partial charge in [0.1, 0.15) is 0 Å². The number of anilines is 1. The standard InChI is InChI=1S/C15H21NO4/c1-15(2)19-9-12(20-15)6-10-4-5-11(13(16)7-10)8-14(17)18-3/h4-5,7,12H,6,8-9,16H2,1-3H3. The van der Waals surface area contributed by atoms with Crippen molar-refractivity contribution in [1.29, 1.82) is 0 Å². The zero-order valence-electron chi connectivity index (χ0n) is 12.1. The van der Waals surface area contributed by atoms with E-state index in [2.05, 4.69) is 4.74 Å². The SMILES string of the molecule is COC(=O)Cc1ccc(CC2COC(C)(C)O2)cc1N. The summed E-state index contributed by atoms with van der Waals surface area (Å²) >= 11 is 0. The van der Waals surface area contributed by atoms with Crippen LogP contribution in [0.25, 0.3) is 0 Å². The van der Waals surface area contributed by atoms with E-state index in [4.69, 9.17) is 15.2 Å². The molecule has 1 unspecified atom stereocenters. The lowest BCUT2D eigenvalue weighted by Crippen LogP contribution is -2.22. The number of esters is 1. The van der Waals surface area contributed by atoms with Gasteiger partial charge in [0, 0.05) is 12.1 Å². The van der Waals surface area contributed by atoms with Gasteiger partial charge < -0.3 is 19.9 Å². The van der Waals surface area contributed by atoms with Gasteiger partial charge in [-0.1, -0.05) is 12.1 Å². The summed E-state index contributed by atoms with van der Waals surface area (Å²) in [6.07, 6.45) is 0.973. The first-order valence-corrected chi connectivity index (χ1v) is 6.65. The van der Waals surface area contributed by atoms with E-state index in [1.807, 2.05) is 32.0 Å². The second kappa shape index (κ2) is 5.81. The van der Waals surface area contributed by atoms with Crippen LogP contribution < -0.4 is 5.73 Å². The third-order valence-electron chi connectivity index (χ3n) is 3.30. The molecule has 20 heavy (non-hydrogen) atoms. The quantitative estimate of drug-likeness (QED) is 0.670. The predicted molar refractivity (Wildman–Crippen MR) is 75.2 cm³/mol. The summed E-state index contributed by atoms with van der Waals surface area (Å²) in [5, 5.41) is 0. The Hall–Kier alpha value is -1.59. The maximum atomic E-state index is 11.3. The van der Waals surface area contributed by atoms with Crippen LogP contribution in [0.5, 0.6) is 0 Å². The fourth-order valence-corrected chi connectivity index (χ4v) is 2.29. The highest BCUT2D eigenvalue weighted by Gasteiger charge is 2.32. The normalized spacial score (nSPS) is 20.9. The van der Waals surface area contributed by atoms with E-state index in [1.54, 1.807) is 0 Å². The molecule has 0 spiro atoms. The van der Waals surface area contributed by atoms with E-state index in [0.717, 1.165) is 17.5 Å². The molecule has 0 bridgehead atoms. The van der Waals surface area contributed by atoms with E-state index in [1.165, 1.54) is 7.11 Å². The first-order chi connectivity index (χ1) is 9.39. The van der Waals surface area contributed by atoms with Crippen molar-refractivity contribution in [2.45, 2.75) is 38.6 Å². The van der Waals surface area contributed by atoms with Crippen LogP contribution in [0.1, 0.15) is 25.0 Å². The predicted octanol–water partition coefficient (Wildman–Crippen LogP) is 1.68. The highest BCUT2D eigenvalue weighted by Crippen LogP contribution is 2.25. The molecule has 1 atom stereocenters. The molecule has 1 heterocycles. The minimum absolute atomic E-state index is 0.0378. The van der Waals surface area contributed by atoms with Gasteiger partial charge in [-0.15, -0.1) is 0 Å². The summed E-state index contributed by atoms with van der Waals surface area (Å²) in [5.74, 6) is -0.806. The molecule has 1 aromatic carbocycles. The van der Waals surface area contributed by atoms with Gasteiger partial charge in [0.2, 0.25) is 0 Å². The van der Waals surface area contributed by atoms with Gasteiger partial charge in [0.25, 0.3) is 0 Å². The number of nitrogen functional groups attached to an aromatic ring is 1. The molecular formula is C15H21NO4. The molecule has 110 valence electrons.